The average molecular weight is 278 g/mol. The number of benzene rings is 1. The molecule has 0 unspecified atom stereocenters. The summed E-state index contributed by atoms with van der Waals surface area (Å²) in [4.78, 5) is 11.8. The van der Waals surface area contributed by atoms with E-state index in [1.807, 2.05) is 32.2 Å². The summed E-state index contributed by atoms with van der Waals surface area (Å²) >= 11 is 6.05. The number of hydrogen-bond donors (Lipinski definition) is 1. The van der Waals surface area contributed by atoms with Crippen molar-refractivity contribution in [1.29, 1.82) is 0 Å². The minimum Gasteiger partial charge on any atom is -0.323 e. The lowest BCUT2D eigenvalue weighted by Gasteiger charge is -2.04. The summed E-state index contributed by atoms with van der Waals surface area (Å²) < 4.78 is 1.65. The zero-order chi connectivity index (χ0) is 13.8. The molecule has 1 aromatic heterocycles. The standard InChI is InChI=1S/C14H16ClN3O/c1-10-3-4-11(7-13(10)15)5-6-14(19)17-12-8-16-18(2)9-12/h3-4,7-9H,5-6H2,1-2H3,(H,17,19). The van der Waals surface area contributed by atoms with Gasteiger partial charge in [-0.1, -0.05) is 23.7 Å². The first-order valence-corrected chi connectivity index (χ1v) is 6.46. The maximum atomic E-state index is 11.8. The van der Waals surface area contributed by atoms with Crippen LogP contribution in [-0.4, -0.2) is 15.7 Å². The van der Waals surface area contributed by atoms with Crippen molar-refractivity contribution in [2.45, 2.75) is 19.8 Å². The van der Waals surface area contributed by atoms with Crippen molar-refractivity contribution in [3.8, 4) is 0 Å². The quantitative estimate of drug-likeness (QED) is 0.934. The maximum Gasteiger partial charge on any atom is 0.224 e. The van der Waals surface area contributed by atoms with E-state index in [-0.39, 0.29) is 5.91 Å². The van der Waals surface area contributed by atoms with Gasteiger partial charge in [-0.05, 0) is 30.5 Å². The molecule has 0 fully saturated rings. The van der Waals surface area contributed by atoms with Crippen LogP contribution in [0.25, 0.3) is 0 Å². The molecule has 0 saturated carbocycles. The summed E-state index contributed by atoms with van der Waals surface area (Å²) in [6.45, 7) is 1.96. The van der Waals surface area contributed by atoms with Gasteiger partial charge in [0.25, 0.3) is 0 Å². The molecule has 0 spiro atoms. The third kappa shape index (κ3) is 3.83. The van der Waals surface area contributed by atoms with E-state index < -0.39 is 0 Å². The van der Waals surface area contributed by atoms with Gasteiger partial charge in [0.05, 0.1) is 11.9 Å². The number of anilines is 1. The minimum atomic E-state index is -0.0234. The Kier molecular flexibility index (Phi) is 4.22. The number of nitrogens with zero attached hydrogens (tertiary/aromatic N) is 2. The van der Waals surface area contributed by atoms with Crippen molar-refractivity contribution < 1.29 is 4.79 Å². The topological polar surface area (TPSA) is 46.9 Å². The Hall–Kier alpha value is -1.81. The van der Waals surface area contributed by atoms with Crippen LogP contribution in [0.1, 0.15) is 17.5 Å². The molecule has 0 radical (unpaired) electrons. The molecular weight excluding hydrogens is 262 g/mol. The Balaban J connectivity index is 1.88. The van der Waals surface area contributed by atoms with Gasteiger partial charge in [-0.3, -0.25) is 9.48 Å². The van der Waals surface area contributed by atoms with Crippen LogP contribution < -0.4 is 5.32 Å². The first kappa shape index (κ1) is 13.6. The number of amides is 1. The summed E-state index contributed by atoms with van der Waals surface area (Å²) in [5.74, 6) is -0.0234. The van der Waals surface area contributed by atoms with Crippen molar-refractivity contribution in [3.05, 3.63) is 46.7 Å². The van der Waals surface area contributed by atoms with Crippen LogP contribution >= 0.6 is 11.6 Å². The number of hydrogen-bond acceptors (Lipinski definition) is 2. The molecule has 1 heterocycles. The molecule has 1 amide bonds. The second-order valence-corrected chi connectivity index (χ2v) is 4.94. The molecule has 1 N–H and O–H groups in total. The van der Waals surface area contributed by atoms with Crippen LogP contribution in [0.15, 0.2) is 30.6 Å². The van der Waals surface area contributed by atoms with Crippen LogP contribution in [0.4, 0.5) is 5.69 Å². The molecule has 0 saturated heterocycles. The second kappa shape index (κ2) is 5.89. The van der Waals surface area contributed by atoms with Gasteiger partial charge in [0.1, 0.15) is 0 Å². The van der Waals surface area contributed by atoms with Crippen LogP contribution in [0.2, 0.25) is 5.02 Å². The lowest BCUT2D eigenvalue weighted by Crippen LogP contribution is -2.11. The van der Waals surface area contributed by atoms with Gasteiger partial charge in [-0.25, -0.2) is 0 Å². The highest BCUT2D eigenvalue weighted by atomic mass is 35.5. The van der Waals surface area contributed by atoms with Crippen molar-refractivity contribution in [2.24, 2.45) is 7.05 Å². The van der Waals surface area contributed by atoms with Gasteiger partial charge >= 0.3 is 0 Å². The Morgan fingerprint density at radius 2 is 2.26 bits per heavy atom. The third-order valence-corrected chi connectivity index (χ3v) is 3.27. The van der Waals surface area contributed by atoms with E-state index in [9.17, 15) is 4.79 Å². The highest BCUT2D eigenvalue weighted by Gasteiger charge is 2.05. The molecule has 0 aliphatic rings. The van der Waals surface area contributed by atoms with Gasteiger partial charge in [-0.15, -0.1) is 0 Å². The molecule has 0 bridgehead atoms. The van der Waals surface area contributed by atoms with Crippen LogP contribution in [0.3, 0.4) is 0 Å². The molecule has 0 atom stereocenters. The zero-order valence-corrected chi connectivity index (χ0v) is 11.7. The average Bonchev–Trinajstić information content (AvgIpc) is 2.76. The summed E-state index contributed by atoms with van der Waals surface area (Å²) in [7, 11) is 1.81. The summed E-state index contributed by atoms with van der Waals surface area (Å²) in [6.07, 6.45) is 4.49. The number of carbonyl (C=O) groups excluding carboxylic acids is 1. The number of nitrogens with one attached hydrogen (secondary N) is 1. The van der Waals surface area contributed by atoms with Crippen molar-refractivity contribution >= 4 is 23.2 Å². The molecule has 100 valence electrons. The summed E-state index contributed by atoms with van der Waals surface area (Å²) in [5, 5.41) is 7.54. The molecule has 2 rings (SSSR count). The highest BCUT2D eigenvalue weighted by Crippen LogP contribution is 2.17. The maximum absolute atomic E-state index is 11.8. The summed E-state index contributed by atoms with van der Waals surface area (Å²) in [5.41, 5.74) is 2.83. The minimum absolute atomic E-state index is 0.0234. The Labute approximate surface area is 117 Å². The van der Waals surface area contributed by atoms with Gasteiger partial charge < -0.3 is 5.32 Å². The molecule has 0 aliphatic carbocycles. The first-order valence-electron chi connectivity index (χ1n) is 6.08. The SMILES string of the molecule is Cc1ccc(CCC(=O)Nc2cnn(C)c2)cc1Cl. The number of aromatic nitrogens is 2. The number of carbonyl (C=O) groups is 1. The fourth-order valence-electron chi connectivity index (χ4n) is 1.76. The van der Waals surface area contributed by atoms with E-state index in [1.54, 1.807) is 17.1 Å². The van der Waals surface area contributed by atoms with Crippen molar-refractivity contribution in [3.63, 3.8) is 0 Å². The molecule has 5 heteroatoms. The molecule has 2 aromatic rings. The largest absolute Gasteiger partial charge is 0.323 e. The van der Waals surface area contributed by atoms with Gasteiger partial charge in [0, 0.05) is 24.7 Å². The number of aryl methyl sites for hydroxylation is 3. The zero-order valence-electron chi connectivity index (χ0n) is 11.0. The van der Waals surface area contributed by atoms with Gasteiger partial charge in [0.15, 0.2) is 0 Å². The van der Waals surface area contributed by atoms with Crippen LogP contribution in [0, 0.1) is 6.92 Å². The second-order valence-electron chi connectivity index (χ2n) is 4.53. The molecule has 19 heavy (non-hydrogen) atoms. The predicted molar refractivity (Wildman–Crippen MR) is 76.3 cm³/mol. The highest BCUT2D eigenvalue weighted by molar-refractivity contribution is 6.31. The Bertz CT molecular complexity index is 592. The third-order valence-electron chi connectivity index (χ3n) is 2.87. The van der Waals surface area contributed by atoms with Crippen molar-refractivity contribution in [2.75, 3.05) is 5.32 Å². The monoisotopic (exact) mass is 277 g/mol. The van der Waals surface area contributed by atoms with E-state index in [2.05, 4.69) is 10.4 Å². The van der Waals surface area contributed by atoms with E-state index in [1.165, 1.54) is 0 Å². The van der Waals surface area contributed by atoms with E-state index in [0.29, 0.717) is 12.8 Å². The van der Waals surface area contributed by atoms with Crippen molar-refractivity contribution in [1.82, 2.24) is 9.78 Å². The van der Waals surface area contributed by atoms with E-state index >= 15 is 0 Å². The van der Waals surface area contributed by atoms with Gasteiger partial charge in [0.2, 0.25) is 5.91 Å². The molecule has 1 aromatic carbocycles. The lowest BCUT2D eigenvalue weighted by atomic mass is 10.1. The number of rotatable bonds is 4. The Morgan fingerprint density at radius 1 is 1.47 bits per heavy atom. The molecule has 4 nitrogen and oxygen atoms in total. The fourth-order valence-corrected chi connectivity index (χ4v) is 1.96. The fraction of sp³-hybridized carbons (Fsp3) is 0.286. The van der Waals surface area contributed by atoms with E-state index in [4.69, 9.17) is 11.6 Å². The molecular formula is C14H16ClN3O. The molecule has 0 aliphatic heterocycles. The smallest absolute Gasteiger partial charge is 0.224 e. The van der Waals surface area contributed by atoms with Crippen LogP contribution in [0.5, 0.6) is 0 Å². The Morgan fingerprint density at radius 3 is 2.89 bits per heavy atom. The first-order chi connectivity index (χ1) is 9.04. The van der Waals surface area contributed by atoms with Gasteiger partial charge in [-0.2, -0.15) is 5.10 Å². The van der Waals surface area contributed by atoms with Crippen LogP contribution in [-0.2, 0) is 18.3 Å². The predicted octanol–water partition coefficient (Wildman–Crippen LogP) is 2.95. The van der Waals surface area contributed by atoms with E-state index in [0.717, 1.165) is 21.8 Å². The summed E-state index contributed by atoms with van der Waals surface area (Å²) in [6, 6.07) is 5.88. The normalized spacial score (nSPS) is 10.5. The number of halogens is 1. The lowest BCUT2D eigenvalue weighted by molar-refractivity contribution is -0.116.